The van der Waals surface area contributed by atoms with Crippen LogP contribution in [0.15, 0.2) is 11.5 Å². The Morgan fingerprint density at radius 3 is 2.65 bits per heavy atom. The van der Waals surface area contributed by atoms with Crippen molar-refractivity contribution in [2.45, 2.75) is 46.1 Å². The molecule has 1 fully saturated rings. The average molecular weight is 257 g/mol. The molecule has 2 aliphatic heterocycles. The number of rotatable bonds is 2. The number of nitrogens with zero attached hydrogens (tertiary/aromatic N) is 1. The van der Waals surface area contributed by atoms with Gasteiger partial charge in [0.15, 0.2) is 0 Å². The maximum Gasteiger partial charge on any atom is 0.232 e. The summed E-state index contributed by atoms with van der Waals surface area (Å²) in [6, 6.07) is 0.298. The molecule has 98 valence electrons. The van der Waals surface area contributed by atoms with E-state index in [1.165, 1.54) is 11.9 Å². The van der Waals surface area contributed by atoms with Crippen LogP contribution in [0.25, 0.3) is 0 Å². The van der Waals surface area contributed by atoms with Gasteiger partial charge in [-0.2, -0.15) is 0 Å². The molecule has 0 aromatic carbocycles. The first kappa shape index (κ1) is 14.6. The molecule has 1 saturated heterocycles. The van der Waals surface area contributed by atoms with E-state index < -0.39 is 0 Å². The predicted octanol–water partition coefficient (Wildman–Crippen LogP) is 3.22. The molecule has 1 unspecified atom stereocenters. The van der Waals surface area contributed by atoms with Gasteiger partial charge in [0.05, 0.1) is 6.04 Å². The molecule has 0 aromatic heterocycles. The smallest absolute Gasteiger partial charge is 0.232 e. The SMILES string of the molecule is CC.CCC(=O)N1SC=CC1C1CCOCC1. The minimum absolute atomic E-state index is 0.237. The number of hydrogen-bond acceptors (Lipinski definition) is 3. The second-order valence-electron chi connectivity index (χ2n) is 3.95. The Kier molecular flexibility index (Phi) is 6.66. The standard InChI is InChI=1S/C11H17NO2S.C2H6/c1-2-11(13)12-10(5-8-15-12)9-3-6-14-7-4-9;1-2/h5,8-10H,2-4,6-7H2,1H3;1-2H3. The molecule has 1 amide bonds. The molecule has 2 heterocycles. The Hall–Kier alpha value is -0.480. The maximum absolute atomic E-state index is 11.7. The van der Waals surface area contributed by atoms with Crippen LogP contribution in [0.1, 0.15) is 40.0 Å². The highest BCUT2D eigenvalue weighted by molar-refractivity contribution is 8.00. The fourth-order valence-electron chi connectivity index (χ4n) is 2.12. The van der Waals surface area contributed by atoms with E-state index in [-0.39, 0.29) is 5.91 Å². The molecule has 4 heteroatoms. The average Bonchev–Trinajstić information content (AvgIpc) is 2.90. The minimum Gasteiger partial charge on any atom is -0.381 e. The largest absolute Gasteiger partial charge is 0.381 e. The summed E-state index contributed by atoms with van der Waals surface area (Å²) < 4.78 is 7.27. The summed E-state index contributed by atoms with van der Waals surface area (Å²) in [5.41, 5.74) is 0. The van der Waals surface area contributed by atoms with Gasteiger partial charge in [0, 0.05) is 19.6 Å². The summed E-state index contributed by atoms with van der Waals surface area (Å²) in [6.45, 7) is 7.60. The first-order valence-corrected chi connectivity index (χ1v) is 7.40. The third-order valence-electron chi connectivity index (χ3n) is 3.02. The van der Waals surface area contributed by atoms with Crippen LogP contribution >= 0.6 is 11.9 Å². The zero-order valence-electron chi connectivity index (χ0n) is 11.0. The van der Waals surface area contributed by atoms with Crippen LogP contribution in [0.5, 0.6) is 0 Å². The van der Waals surface area contributed by atoms with Crippen LogP contribution in [0.2, 0.25) is 0 Å². The van der Waals surface area contributed by atoms with E-state index in [0.29, 0.717) is 18.4 Å². The van der Waals surface area contributed by atoms with Crippen LogP contribution in [0.3, 0.4) is 0 Å². The zero-order valence-corrected chi connectivity index (χ0v) is 11.8. The van der Waals surface area contributed by atoms with E-state index in [1.807, 2.05) is 30.5 Å². The molecule has 0 saturated carbocycles. The van der Waals surface area contributed by atoms with Gasteiger partial charge in [-0.1, -0.05) is 26.8 Å². The fourth-order valence-corrected chi connectivity index (χ4v) is 3.11. The number of carbonyl (C=O) groups excluding carboxylic acids is 1. The van der Waals surface area contributed by atoms with Crippen LogP contribution < -0.4 is 0 Å². The third-order valence-corrected chi connectivity index (χ3v) is 3.97. The van der Waals surface area contributed by atoms with E-state index in [0.717, 1.165) is 26.1 Å². The molecule has 2 rings (SSSR count). The highest BCUT2D eigenvalue weighted by Gasteiger charge is 2.32. The molecule has 0 aliphatic carbocycles. The number of ether oxygens (including phenoxy) is 1. The molecule has 0 radical (unpaired) electrons. The third kappa shape index (κ3) is 3.75. The lowest BCUT2D eigenvalue weighted by Gasteiger charge is -2.32. The van der Waals surface area contributed by atoms with Gasteiger partial charge in [-0.3, -0.25) is 9.10 Å². The van der Waals surface area contributed by atoms with Crippen LogP contribution in [-0.2, 0) is 9.53 Å². The molecular formula is C13H23NO2S. The van der Waals surface area contributed by atoms with Crippen molar-refractivity contribution >= 4 is 17.9 Å². The Bertz CT molecular complexity index is 262. The van der Waals surface area contributed by atoms with Crippen molar-refractivity contribution in [2.75, 3.05) is 13.2 Å². The lowest BCUT2D eigenvalue weighted by atomic mass is 9.91. The van der Waals surface area contributed by atoms with Crippen molar-refractivity contribution in [1.29, 1.82) is 0 Å². The second kappa shape index (κ2) is 7.77. The van der Waals surface area contributed by atoms with Crippen LogP contribution in [0, 0.1) is 5.92 Å². The number of amides is 1. The summed E-state index contributed by atoms with van der Waals surface area (Å²) in [4.78, 5) is 11.7. The van der Waals surface area contributed by atoms with Crippen molar-refractivity contribution in [3.8, 4) is 0 Å². The van der Waals surface area contributed by atoms with E-state index in [1.54, 1.807) is 0 Å². The van der Waals surface area contributed by atoms with Crippen LogP contribution in [-0.4, -0.2) is 29.5 Å². The monoisotopic (exact) mass is 257 g/mol. The molecule has 2 aliphatic rings. The van der Waals surface area contributed by atoms with Gasteiger partial charge in [-0.05, 0) is 36.1 Å². The molecule has 3 nitrogen and oxygen atoms in total. The predicted molar refractivity (Wildman–Crippen MR) is 72.5 cm³/mol. The van der Waals surface area contributed by atoms with E-state index in [4.69, 9.17) is 4.74 Å². The molecule has 17 heavy (non-hydrogen) atoms. The van der Waals surface area contributed by atoms with Gasteiger partial charge in [-0.15, -0.1) is 0 Å². The number of carbonyl (C=O) groups is 1. The highest BCUT2D eigenvalue weighted by atomic mass is 32.2. The Morgan fingerprint density at radius 1 is 1.41 bits per heavy atom. The van der Waals surface area contributed by atoms with Crippen molar-refractivity contribution < 1.29 is 9.53 Å². The zero-order chi connectivity index (χ0) is 12.7. The second-order valence-corrected chi connectivity index (χ2v) is 4.82. The van der Waals surface area contributed by atoms with Crippen molar-refractivity contribution in [2.24, 2.45) is 5.92 Å². The van der Waals surface area contributed by atoms with Gasteiger partial charge in [-0.25, -0.2) is 0 Å². The number of hydrogen-bond donors (Lipinski definition) is 0. The fraction of sp³-hybridized carbons (Fsp3) is 0.769. The summed E-state index contributed by atoms with van der Waals surface area (Å²) in [5.74, 6) is 0.821. The highest BCUT2D eigenvalue weighted by Crippen LogP contribution is 2.34. The summed E-state index contributed by atoms with van der Waals surface area (Å²) in [6.07, 6.45) is 4.90. The summed E-state index contributed by atoms with van der Waals surface area (Å²) in [5, 5.41) is 2.04. The first-order chi connectivity index (χ1) is 8.33. The Labute approximate surface area is 109 Å². The molecule has 0 N–H and O–H groups in total. The summed E-state index contributed by atoms with van der Waals surface area (Å²) in [7, 11) is 0. The lowest BCUT2D eigenvalue weighted by molar-refractivity contribution is -0.127. The quantitative estimate of drug-likeness (QED) is 0.711. The van der Waals surface area contributed by atoms with Gasteiger partial charge in [0.1, 0.15) is 0 Å². The van der Waals surface area contributed by atoms with E-state index in [2.05, 4.69) is 6.08 Å². The van der Waals surface area contributed by atoms with Gasteiger partial charge in [0.2, 0.25) is 5.91 Å². The maximum atomic E-state index is 11.7. The van der Waals surface area contributed by atoms with Crippen LogP contribution in [0.4, 0.5) is 0 Å². The molecule has 0 bridgehead atoms. The first-order valence-electron chi connectivity index (χ1n) is 6.56. The Balaban J connectivity index is 0.000000686. The van der Waals surface area contributed by atoms with Crippen molar-refractivity contribution in [1.82, 2.24) is 4.31 Å². The lowest BCUT2D eigenvalue weighted by Crippen LogP contribution is -2.38. The normalized spacial score (nSPS) is 24.4. The molecular weight excluding hydrogens is 234 g/mol. The van der Waals surface area contributed by atoms with Crippen molar-refractivity contribution in [3.63, 3.8) is 0 Å². The summed E-state index contributed by atoms with van der Waals surface area (Å²) >= 11 is 1.54. The topological polar surface area (TPSA) is 29.5 Å². The molecule has 0 spiro atoms. The van der Waals surface area contributed by atoms with Gasteiger partial charge in [0.25, 0.3) is 0 Å². The minimum atomic E-state index is 0.237. The van der Waals surface area contributed by atoms with Crippen molar-refractivity contribution in [3.05, 3.63) is 11.5 Å². The van der Waals surface area contributed by atoms with E-state index in [9.17, 15) is 4.79 Å². The molecule has 0 aromatic rings. The Morgan fingerprint density at radius 2 is 2.06 bits per heavy atom. The molecule has 1 atom stereocenters. The van der Waals surface area contributed by atoms with Gasteiger partial charge < -0.3 is 4.74 Å². The van der Waals surface area contributed by atoms with E-state index >= 15 is 0 Å². The van der Waals surface area contributed by atoms with Gasteiger partial charge >= 0.3 is 0 Å².